The van der Waals surface area contributed by atoms with Crippen LogP contribution in [0.5, 0.6) is 0 Å². The van der Waals surface area contributed by atoms with Crippen LogP contribution in [0.3, 0.4) is 0 Å². The molecule has 0 saturated carbocycles. The van der Waals surface area contributed by atoms with E-state index in [9.17, 15) is 13.6 Å². The number of carbonyl (C=O) groups is 1. The van der Waals surface area contributed by atoms with E-state index in [2.05, 4.69) is 5.32 Å². The summed E-state index contributed by atoms with van der Waals surface area (Å²) in [5, 5.41) is 11.7. The average Bonchev–Trinajstić information content (AvgIpc) is 2.47. The van der Waals surface area contributed by atoms with E-state index in [1.54, 1.807) is 6.07 Å². The number of anilines is 1. The summed E-state index contributed by atoms with van der Waals surface area (Å²) in [6.45, 7) is -0.442. The first-order chi connectivity index (χ1) is 10.1. The number of nitrogens with one attached hydrogen (secondary N) is 1. The first kappa shape index (κ1) is 13.7. The Balaban J connectivity index is 2.09. The molecular weight excluding hydrogens is 276 g/mol. The van der Waals surface area contributed by atoms with Crippen LogP contribution in [0.15, 0.2) is 30.3 Å². The van der Waals surface area contributed by atoms with Gasteiger partial charge >= 0.3 is 0 Å². The van der Waals surface area contributed by atoms with Gasteiger partial charge in [0.05, 0.1) is 6.61 Å². The second kappa shape index (κ2) is 5.26. The number of hydrogen-bond acceptors (Lipinski definition) is 2. The van der Waals surface area contributed by atoms with Crippen molar-refractivity contribution in [2.45, 2.75) is 19.4 Å². The molecule has 0 bridgehead atoms. The summed E-state index contributed by atoms with van der Waals surface area (Å²) >= 11 is 0. The number of aryl methyl sites for hydroxylation is 1. The zero-order chi connectivity index (χ0) is 15.0. The highest BCUT2D eigenvalue weighted by molar-refractivity contribution is 5.94. The number of benzene rings is 2. The number of fused-ring (bicyclic) bond motifs is 1. The van der Waals surface area contributed by atoms with Gasteiger partial charge in [-0.15, -0.1) is 0 Å². The molecule has 2 aromatic carbocycles. The zero-order valence-electron chi connectivity index (χ0n) is 11.1. The topological polar surface area (TPSA) is 49.3 Å². The monoisotopic (exact) mass is 289 g/mol. The van der Waals surface area contributed by atoms with Gasteiger partial charge in [-0.1, -0.05) is 6.07 Å². The lowest BCUT2D eigenvalue weighted by Crippen LogP contribution is -2.19. The SMILES string of the molecule is O=C1CCc2cc(-c3ccc(F)c(CO)c3)c(F)cc2N1. The van der Waals surface area contributed by atoms with Crippen LogP contribution in [-0.4, -0.2) is 11.0 Å². The Kier molecular flexibility index (Phi) is 3.43. The maximum absolute atomic E-state index is 14.2. The van der Waals surface area contributed by atoms with Gasteiger partial charge in [-0.3, -0.25) is 4.79 Å². The van der Waals surface area contributed by atoms with Gasteiger partial charge in [-0.25, -0.2) is 8.78 Å². The summed E-state index contributed by atoms with van der Waals surface area (Å²) in [5.41, 5.74) is 2.29. The molecule has 3 rings (SSSR count). The predicted molar refractivity (Wildman–Crippen MR) is 74.7 cm³/mol. The molecule has 0 fully saturated rings. The Labute approximate surface area is 120 Å². The zero-order valence-corrected chi connectivity index (χ0v) is 11.1. The number of carbonyl (C=O) groups excluding carboxylic acids is 1. The fraction of sp³-hybridized carbons (Fsp3) is 0.188. The largest absolute Gasteiger partial charge is 0.392 e. The summed E-state index contributed by atoms with van der Waals surface area (Å²) in [5.74, 6) is -1.14. The second-order valence-corrected chi connectivity index (χ2v) is 5.00. The molecule has 21 heavy (non-hydrogen) atoms. The molecule has 0 unspecified atom stereocenters. The minimum atomic E-state index is -0.521. The standard InChI is InChI=1S/C16H13F2NO2/c17-13-3-1-9(5-11(13)8-20)12-6-10-2-4-16(21)19-15(10)7-14(12)18/h1,3,5-7,20H,2,4,8H2,(H,19,21). The second-order valence-electron chi connectivity index (χ2n) is 5.00. The van der Waals surface area contributed by atoms with Gasteiger partial charge in [-0.05, 0) is 41.8 Å². The van der Waals surface area contributed by atoms with Crippen LogP contribution in [0.2, 0.25) is 0 Å². The molecule has 1 heterocycles. The van der Waals surface area contributed by atoms with Crippen molar-refractivity contribution in [2.75, 3.05) is 5.32 Å². The van der Waals surface area contributed by atoms with E-state index in [1.165, 1.54) is 24.3 Å². The van der Waals surface area contributed by atoms with Crippen molar-refractivity contribution in [3.63, 3.8) is 0 Å². The Morgan fingerprint density at radius 1 is 1.10 bits per heavy atom. The van der Waals surface area contributed by atoms with E-state index >= 15 is 0 Å². The number of amides is 1. The van der Waals surface area contributed by atoms with Gasteiger partial charge in [0.1, 0.15) is 11.6 Å². The van der Waals surface area contributed by atoms with E-state index < -0.39 is 18.2 Å². The van der Waals surface area contributed by atoms with Crippen LogP contribution >= 0.6 is 0 Å². The van der Waals surface area contributed by atoms with Crippen molar-refractivity contribution in [3.8, 4) is 11.1 Å². The molecule has 0 aromatic heterocycles. The first-order valence-electron chi connectivity index (χ1n) is 6.60. The van der Waals surface area contributed by atoms with Crippen LogP contribution in [-0.2, 0) is 17.8 Å². The molecular formula is C16H13F2NO2. The molecule has 2 aromatic rings. The number of aliphatic hydroxyl groups is 1. The highest BCUT2D eigenvalue weighted by Crippen LogP contribution is 2.32. The van der Waals surface area contributed by atoms with Crippen LogP contribution < -0.4 is 5.32 Å². The van der Waals surface area contributed by atoms with Crippen LogP contribution in [0, 0.1) is 11.6 Å². The van der Waals surface area contributed by atoms with E-state index in [-0.39, 0.29) is 11.5 Å². The maximum atomic E-state index is 14.2. The highest BCUT2D eigenvalue weighted by Gasteiger charge is 2.18. The van der Waals surface area contributed by atoms with Crippen molar-refractivity contribution in [3.05, 3.63) is 53.1 Å². The van der Waals surface area contributed by atoms with Crippen molar-refractivity contribution >= 4 is 11.6 Å². The number of hydrogen-bond donors (Lipinski definition) is 2. The van der Waals surface area contributed by atoms with Crippen molar-refractivity contribution in [1.82, 2.24) is 0 Å². The summed E-state index contributed by atoms with van der Waals surface area (Å²) in [6.07, 6.45) is 0.909. The summed E-state index contributed by atoms with van der Waals surface area (Å²) in [6, 6.07) is 7.06. The van der Waals surface area contributed by atoms with Crippen LogP contribution in [0.4, 0.5) is 14.5 Å². The van der Waals surface area contributed by atoms with Gasteiger partial charge in [0.15, 0.2) is 0 Å². The lowest BCUT2D eigenvalue weighted by molar-refractivity contribution is -0.116. The molecule has 1 aliphatic heterocycles. The smallest absolute Gasteiger partial charge is 0.224 e. The predicted octanol–water partition coefficient (Wildman–Crippen LogP) is 3.01. The maximum Gasteiger partial charge on any atom is 0.224 e. The van der Waals surface area contributed by atoms with E-state index in [0.717, 1.165) is 5.56 Å². The van der Waals surface area contributed by atoms with E-state index in [1.807, 2.05) is 0 Å². The number of halogens is 2. The molecule has 0 saturated heterocycles. The molecule has 5 heteroatoms. The molecule has 0 atom stereocenters. The normalized spacial score (nSPS) is 13.8. The van der Waals surface area contributed by atoms with Gasteiger partial charge in [0.25, 0.3) is 0 Å². The van der Waals surface area contributed by atoms with Gasteiger partial charge in [0.2, 0.25) is 5.91 Å². The number of aliphatic hydroxyl groups excluding tert-OH is 1. The van der Waals surface area contributed by atoms with E-state index in [0.29, 0.717) is 29.7 Å². The Morgan fingerprint density at radius 2 is 1.90 bits per heavy atom. The van der Waals surface area contributed by atoms with Crippen LogP contribution in [0.1, 0.15) is 17.5 Å². The molecule has 108 valence electrons. The molecule has 0 spiro atoms. The lowest BCUT2D eigenvalue weighted by Gasteiger charge is -2.18. The average molecular weight is 289 g/mol. The Hall–Kier alpha value is -2.27. The fourth-order valence-electron chi connectivity index (χ4n) is 2.49. The van der Waals surface area contributed by atoms with Crippen molar-refractivity contribution < 1.29 is 18.7 Å². The summed E-state index contributed by atoms with van der Waals surface area (Å²) < 4.78 is 27.6. The summed E-state index contributed by atoms with van der Waals surface area (Å²) in [4.78, 5) is 11.3. The van der Waals surface area contributed by atoms with Gasteiger partial charge in [-0.2, -0.15) is 0 Å². The summed E-state index contributed by atoms with van der Waals surface area (Å²) in [7, 11) is 0. The third kappa shape index (κ3) is 2.52. The molecule has 0 aliphatic carbocycles. The van der Waals surface area contributed by atoms with Crippen molar-refractivity contribution in [1.29, 1.82) is 0 Å². The molecule has 2 N–H and O–H groups in total. The minimum Gasteiger partial charge on any atom is -0.392 e. The van der Waals surface area contributed by atoms with Crippen LogP contribution in [0.25, 0.3) is 11.1 Å². The quantitative estimate of drug-likeness (QED) is 0.893. The number of rotatable bonds is 2. The molecule has 1 amide bonds. The van der Waals surface area contributed by atoms with Gasteiger partial charge in [0, 0.05) is 23.2 Å². The minimum absolute atomic E-state index is 0.123. The Morgan fingerprint density at radius 3 is 2.67 bits per heavy atom. The van der Waals surface area contributed by atoms with E-state index in [4.69, 9.17) is 5.11 Å². The molecule has 3 nitrogen and oxygen atoms in total. The van der Waals surface area contributed by atoms with Crippen molar-refractivity contribution in [2.24, 2.45) is 0 Å². The highest BCUT2D eigenvalue weighted by atomic mass is 19.1. The van der Waals surface area contributed by atoms with Gasteiger partial charge < -0.3 is 10.4 Å². The molecule has 0 radical (unpaired) electrons. The third-order valence-electron chi connectivity index (χ3n) is 3.62. The third-order valence-corrected chi connectivity index (χ3v) is 3.62. The molecule has 1 aliphatic rings. The first-order valence-corrected chi connectivity index (χ1v) is 6.60. The Bertz CT molecular complexity index is 728. The fourth-order valence-corrected chi connectivity index (χ4v) is 2.49. The lowest BCUT2D eigenvalue weighted by atomic mass is 9.95.